The molecule has 0 saturated carbocycles. The van der Waals surface area contributed by atoms with E-state index in [-0.39, 0.29) is 5.56 Å². The molecule has 0 aliphatic carbocycles. The number of anilines is 2. The minimum absolute atomic E-state index is 0.253. The van der Waals surface area contributed by atoms with Gasteiger partial charge in [-0.2, -0.15) is 0 Å². The Morgan fingerprint density at radius 3 is 2.58 bits per heavy atom. The second-order valence-corrected chi connectivity index (χ2v) is 7.60. The Morgan fingerprint density at radius 1 is 1.16 bits per heavy atom. The maximum Gasteiger partial charge on any atom is 0.250 e. The smallest absolute Gasteiger partial charge is 0.250 e. The van der Waals surface area contributed by atoms with E-state index in [4.69, 9.17) is 29.4 Å². The van der Waals surface area contributed by atoms with Gasteiger partial charge in [-0.05, 0) is 42.8 Å². The Balaban J connectivity index is 1.87. The van der Waals surface area contributed by atoms with Gasteiger partial charge in [0.05, 0.1) is 11.3 Å². The number of hydrogen-bond donors (Lipinski definition) is 6. The van der Waals surface area contributed by atoms with Crippen LogP contribution in [0, 0.1) is 0 Å². The molecule has 0 aliphatic heterocycles. The summed E-state index contributed by atoms with van der Waals surface area (Å²) in [7, 11) is 0. The number of aromatic amines is 1. The molecule has 0 bridgehead atoms. The third kappa shape index (κ3) is 5.40. The van der Waals surface area contributed by atoms with Crippen LogP contribution in [0.1, 0.15) is 22.8 Å². The van der Waals surface area contributed by atoms with E-state index in [9.17, 15) is 9.59 Å². The largest absolute Gasteiger partial charge is 0.402 e. The second-order valence-electron chi connectivity index (χ2n) is 7.17. The van der Waals surface area contributed by atoms with Gasteiger partial charge in [0.15, 0.2) is 0 Å². The van der Waals surface area contributed by atoms with Gasteiger partial charge in [0.2, 0.25) is 5.91 Å². The number of benzene rings is 2. The quantitative estimate of drug-likeness (QED) is 0.235. The molecule has 1 atom stereocenters. The zero-order valence-electron chi connectivity index (χ0n) is 16.9. The van der Waals surface area contributed by atoms with Crippen molar-refractivity contribution in [3.63, 3.8) is 0 Å². The van der Waals surface area contributed by atoms with Gasteiger partial charge in [-0.3, -0.25) is 9.59 Å². The van der Waals surface area contributed by atoms with Crippen molar-refractivity contribution in [2.24, 2.45) is 17.2 Å². The summed E-state index contributed by atoms with van der Waals surface area (Å²) in [6.07, 6.45) is 3.81. The van der Waals surface area contributed by atoms with E-state index >= 15 is 0 Å². The zero-order chi connectivity index (χ0) is 22.5. The molecule has 9 N–H and O–H groups in total. The molecule has 1 heterocycles. The van der Waals surface area contributed by atoms with E-state index in [0.717, 1.165) is 16.5 Å². The van der Waals surface area contributed by atoms with Crippen LogP contribution >= 0.6 is 12.2 Å². The van der Waals surface area contributed by atoms with Gasteiger partial charge in [0, 0.05) is 34.9 Å². The summed E-state index contributed by atoms with van der Waals surface area (Å²) in [5, 5.41) is 7.11. The molecule has 0 radical (unpaired) electrons. The van der Waals surface area contributed by atoms with Crippen molar-refractivity contribution in [1.82, 2.24) is 4.98 Å². The first kappa shape index (κ1) is 21.8. The number of aromatic nitrogens is 1. The lowest BCUT2D eigenvalue weighted by atomic mass is 10.0. The Labute approximate surface area is 184 Å². The van der Waals surface area contributed by atoms with Crippen LogP contribution < -0.4 is 27.8 Å². The standard InChI is InChI=1S/C22H24N6O2S/c1-12(23)8-20(31)28-18-10-14(6-7-16(18)21(24)29)27-19(22(25)30)9-13-11-26-17-5-3-2-4-15(13)17/h2-8,10-11,19,26-27H,9,23H2,1H3,(H2,24,29)(H2,25,30)(H,28,31)/t19-/m1/s1. The van der Waals surface area contributed by atoms with Gasteiger partial charge < -0.3 is 32.8 Å². The van der Waals surface area contributed by atoms with E-state index in [1.165, 1.54) is 0 Å². The van der Waals surface area contributed by atoms with Gasteiger partial charge in [0.25, 0.3) is 5.91 Å². The fourth-order valence-electron chi connectivity index (χ4n) is 3.27. The molecule has 2 aromatic carbocycles. The molecule has 8 nitrogen and oxygen atoms in total. The summed E-state index contributed by atoms with van der Waals surface area (Å²) in [6.45, 7) is 1.70. The number of nitrogens with one attached hydrogen (secondary N) is 3. The molecule has 2 amide bonds. The lowest BCUT2D eigenvalue weighted by molar-refractivity contribution is -0.118. The van der Waals surface area contributed by atoms with E-state index in [1.807, 2.05) is 30.5 Å². The Bertz CT molecular complexity index is 1180. The molecule has 1 aromatic heterocycles. The van der Waals surface area contributed by atoms with Crippen LogP contribution in [0.3, 0.4) is 0 Å². The van der Waals surface area contributed by atoms with Crippen LogP contribution in [0.25, 0.3) is 10.9 Å². The molecule has 31 heavy (non-hydrogen) atoms. The maximum atomic E-state index is 12.1. The van der Waals surface area contributed by atoms with Crippen LogP contribution in [-0.2, 0) is 11.2 Å². The van der Waals surface area contributed by atoms with Gasteiger partial charge >= 0.3 is 0 Å². The Hall–Kier alpha value is -3.85. The number of carbonyl (C=O) groups is 2. The normalized spacial score (nSPS) is 12.4. The number of amides is 2. The van der Waals surface area contributed by atoms with Crippen LogP contribution in [0.15, 0.2) is 60.4 Å². The minimum atomic E-state index is -0.676. The van der Waals surface area contributed by atoms with Crippen molar-refractivity contribution in [1.29, 1.82) is 0 Å². The minimum Gasteiger partial charge on any atom is -0.402 e. The molecule has 0 unspecified atom stereocenters. The number of thiocarbonyl (C=S) groups is 1. The third-order valence-electron chi connectivity index (χ3n) is 4.68. The predicted molar refractivity (Wildman–Crippen MR) is 128 cm³/mol. The first-order valence-corrected chi connectivity index (χ1v) is 9.95. The number of hydrogen-bond acceptors (Lipinski definition) is 5. The molecule has 0 spiro atoms. The van der Waals surface area contributed by atoms with E-state index in [0.29, 0.717) is 28.5 Å². The van der Waals surface area contributed by atoms with Crippen molar-refractivity contribution < 1.29 is 9.59 Å². The Kier molecular flexibility index (Phi) is 6.56. The monoisotopic (exact) mass is 436 g/mol. The molecular weight excluding hydrogens is 412 g/mol. The third-order valence-corrected chi connectivity index (χ3v) is 4.90. The highest BCUT2D eigenvalue weighted by molar-refractivity contribution is 7.81. The summed E-state index contributed by atoms with van der Waals surface area (Å²) in [6, 6.07) is 12.0. The molecule has 3 aromatic rings. The van der Waals surface area contributed by atoms with Crippen molar-refractivity contribution >= 4 is 51.3 Å². The molecule has 0 saturated heterocycles. The molecule has 0 fully saturated rings. The maximum absolute atomic E-state index is 12.1. The lowest BCUT2D eigenvalue weighted by Crippen LogP contribution is -2.37. The van der Waals surface area contributed by atoms with Gasteiger partial charge in [-0.1, -0.05) is 30.4 Å². The van der Waals surface area contributed by atoms with E-state index in [1.54, 1.807) is 31.2 Å². The summed E-state index contributed by atoms with van der Waals surface area (Å²) < 4.78 is 0. The molecule has 160 valence electrons. The number of fused-ring (bicyclic) bond motifs is 1. The predicted octanol–water partition coefficient (Wildman–Crippen LogP) is 2.38. The van der Waals surface area contributed by atoms with E-state index in [2.05, 4.69) is 15.6 Å². The lowest BCUT2D eigenvalue weighted by Gasteiger charge is -2.18. The van der Waals surface area contributed by atoms with Gasteiger partial charge in [-0.15, -0.1) is 0 Å². The summed E-state index contributed by atoms with van der Waals surface area (Å²) in [4.78, 5) is 27.5. The SMILES string of the molecule is CC(N)=CC(=S)Nc1cc(N[C@H](Cc2c[nH]c3ccccc23)C(N)=O)ccc1C(N)=O. The van der Waals surface area contributed by atoms with Gasteiger partial charge in [-0.25, -0.2) is 0 Å². The summed E-state index contributed by atoms with van der Waals surface area (Å²) in [5.74, 6) is -1.12. The van der Waals surface area contributed by atoms with E-state index < -0.39 is 17.9 Å². The average Bonchev–Trinajstić information content (AvgIpc) is 3.09. The molecular formula is C22H24N6O2S. The number of nitrogens with two attached hydrogens (primary N) is 3. The highest BCUT2D eigenvalue weighted by Gasteiger charge is 2.19. The number of H-pyrrole nitrogens is 1. The van der Waals surface area contributed by atoms with Crippen molar-refractivity contribution in [2.75, 3.05) is 10.6 Å². The van der Waals surface area contributed by atoms with Crippen molar-refractivity contribution in [2.45, 2.75) is 19.4 Å². The number of primary amides is 2. The zero-order valence-corrected chi connectivity index (χ0v) is 17.8. The molecule has 0 aliphatic rings. The summed E-state index contributed by atoms with van der Waals surface area (Å²) >= 11 is 5.24. The highest BCUT2D eigenvalue weighted by atomic mass is 32.1. The van der Waals surface area contributed by atoms with Crippen molar-refractivity contribution in [3.05, 3.63) is 71.6 Å². The van der Waals surface area contributed by atoms with Crippen LogP contribution in [0.2, 0.25) is 0 Å². The second kappa shape index (κ2) is 9.31. The van der Waals surface area contributed by atoms with Crippen LogP contribution in [0.5, 0.6) is 0 Å². The van der Waals surface area contributed by atoms with Crippen LogP contribution in [-0.4, -0.2) is 27.8 Å². The van der Waals surface area contributed by atoms with Crippen molar-refractivity contribution in [3.8, 4) is 0 Å². The topological polar surface area (TPSA) is 152 Å². The fraction of sp³-hybridized carbons (Fsp3) is 0.136. The summed E-state index contributed by atoms with van der Waals surface area (Å²) in [5.41, 5.74) is 20.5. The van der Waals surface area contributed by atoms with Gasteiger partial charge in [0.1, 0.15) is 11.0 Å². The average molecular weight is 437 g/mol. The number of allylic oxidation sites excluding steroid dienone is 1. The first-order chi connectivity index (χ1) is 14.7. The molecule has 3 rings (SSSR count). The molecule has 9 heteroatoms. The van der Waals surface area contributed by atoms with Crippen LogP contribution in [0.4, 0.5) is 11.4 Å². The number of rotatable bonds is 8. The highest BCUT2D eigenvalue weighted by Crippen LogP contribution is 2.24. The number of para-hydroxylation sites is 1. The number of carbonyl (C=O) groups excluding carboxylic acids is 2. The first-order valence-electron chi connectivity index (χ1n) is 9.54. The fourth-order valence-corrected chi connectivity index (χ4v) is 3.57. The Morgan fingerprint density at radius 2 is 1.90 bits per heavy atom.